The number of carbonyl (C=O) groups excluding carboxylic acids is 1. The minimum Gasteiger partial charge on any atom is -0.311 e. The zero-order chi connectivity index (χ0) is 15.7. The van der Waals surface area contributed by atoms with E-state index in [9.17, 15) is 13.2 Å². The summed E-state index contributed by atoms with van der Waals surface area (Å²) in [5.74, 6) is 0.216. The normalized spacial score (nSPS) is 14.8. The summed E-state index contributed by atoms with van der Waals surface area (Å²) in [5.41, 5.74) is 2.11. The largest absolute Gasteiger partial charge is 0.311 e. The third-order valence-electron chi connectivity index (χ3n) is 3.45. The first-order chi connectivity index (χ1) is 10.4. The molecule has 2 heterocycles. The highest BCUT2D eigenvalue weighted by Crippen LogP contribution is 2.28. The lowest BCUT2D eigenvalue weighted by atomic mass is 10.1. The molecule has 2 aromatic rings. The van der Waals surface area contributed by atoms with E-state index in [2.05, 4.69) is 15.5 Å². The van der Waals surface area contributed by atoms with Gasteiger partial charge in [-0.15, -0.1) is 0 Å². The van der Waals surface area contributed by atoms with E-state index in [0.717, 1.165) is 9.87 Å². The molecule has 0 aliphatic carbocycles. The first-order valence-corrected chi connectivity index (χ1v) is 8.11. The quantitative estimate of drug-likeness (QED) is 0.740. The Balaban J connectivity index is 1.70. The number of nitrogens with zero attached hydrogens (tertiary/aromatic N) is 2. The average Bonchev–Trinajstić information content (AvgIpc) is 3.01. The highest BCUT2D eigenvalue weighted by Gasteiger charge is 2.31. The Morgan fingerprint density at radius 1 is 1.32 bits per heavy atom. The molecular formula is C13H15N5O3S. The molecule has 0 saturated heterocycles. The molecule has 1 aromatic heterocycles. The third-order valence-corrected chi connectivity index (χ3v) is 4.42. The first kappa shape index (κ1) is 14.7. The molecule has 22 heavy (non-hydrogen) atoms. The van der Waals surface area contributed by atoms with Crippen LogP contribution >= 0.6 is 0 Å². The molecular weight excluding hydrogens is 306 g/mol. The lowest BCUT2D eigenvalue weighted by Gasteiger charge is -2.11. The van der Waals surface area contributed by atoms with Gasteiger partial charge in [-0.05, 0) is 5.56 Å². The minimum atomic E-state index is -3.77. The Morgan fingerprint density at radius 3 is 2.73 bits per heavy atom. The molecule has 0 atom stereocenters. The van der Waals surface area contributed by atoms with E-state index < -0.39 is 10.2 Å². The Bertz CT molecular complexity index is 800. The van der Waals surface area contributed by atoms with E-state index in [1.807, 2.05) is 30.3 Å². The number of nitrogens with one attached hydrogen (secondary N) is 2. The van der Waals surface area contributed by atoms with Crippen molar-refractivity contribution in [1.82, 2.24) is 14.5 Å². The van der Waals surface area contributed by atoms with Crippen molar-refractivity contribution in [3.05, 3.63) is 47.2 Å². The van der Waals surface area contributed by atoms with Gasteiger partial charge < -0.3 is 5.32 Å². The molecule has 4 N–H and O–H groups in total. The van der Waals surface area contributed by atoms with Crippen molar-refractivity contribution in [2.75, 3.05) is 5.32 Å². The summed E-state index contributed by atoms with van der Waals surface area (Å²) in [6.07, 6.45) is 0.230. The van der Waals surface area contributed by atoms with Gasteiger partial charge in [0, 0.05) is 12.1 Å². The van der Waals surface area contributed by atoms with Crippen LogP contribution in [0.15, 0.2) is 30.3 Å². The van der Waals surface area contributed by atoms with E-state index >= 15 is 0 Å². The summed E-state index contributed by atoms with van der Waals surface area (Å²) in [6.45, 7) is 0.213. The molecule has 0 saturated carbocycles. The van der Waals surface area contributed by atoms with Crippen LogP contribution in [0.3, 0.4) is 0 Å². The van der Waals surface area contributed by atoms with Crippen LogP contribution < -0.4 is 10.5 Å². The number of carbonyl (C=O) groups is 1. The van der Waals surface area contributed by atoms with Gasteiger partial charge in [0.1, 0.15) is 5.82 Å². The zero-order valence-electron chi connectivity index (χ0n) is 11.6. The Labute approximate surface area is 127 Å². The molecule has 0 fully saturated rings. The number of amides is 1. The summed E-state index contributed by atoms with van der Waals surface area (Å²) >= 11 is 0. The number of anilines is 1. The number of hydrogen-bond donors (Lipinski definition) is 3. The number of aromatic amines is 1. The Kier molecular flexibility index (Phi) is 3.69. The molecule has 3 rings (SSSR count). The lowest BCUT2D eigenvalue weighted by Crippen LogP contribution is -2.32. The van der Waals surface area contributed by atoms with Crippen LogP contribution in [-0.2, 0) is 34.5 Å². The topological polar surface area (TPSA) is 121 Å². The highest BCUT2D eigenvalue weighted by atomic mass is 32.2. The summed E-state index contributed by atoms with van der Waals surface area (Å²) in [6, 6.07) is 9.32. The fourth-order valence-corrected chi connectivity index (χ4v) is 2.96. The molecule has 1 aliphatic rings. The van der Waals surface area contributed by atoms with Crippen molar-refractivity contribution in [2.45, 2.75) is 19.5 Å². The maximum absolute atomic E-state index is 12.0. The van der Waals surface area contributed by atoms with Gasteiger partial charge in [-0.25, -0.2) is 5.14 Å². The average molecular weight is 321 g/mol. The molecule has 116 valence electrons. The van der Waals surface area contributed by atoms with Gasteiger partial charge >= 0.3 is 0 Å². The molecule has 9 heteroatoms. The van der Waals surface area contributed by atoms with E-state index in [4.69, 9.17) is 5.14 Å². The van der Waals surface area contributed by atoms with Crippen molar-refractivity contribution in [3.8, 4) is 0 Å². The predicted molar refractivity (Wildman–Crippen MR) is 79.7 cm³/mol. The van der Waals surface area contributed by atoms with E-state index in [0.29, 0.717) is 17.1 Å². The smallest absolute Gasteiger partial charge is 0.277 e. The molecule has 0 bridgehead atoms. The van der Waals surface area contributed by atoms with Crippen LogP contribution in [0, 0.1) is 0 Å². The van der Waals surface area contributed by atoms with Gasteiger partial charge in [-0.1, -0.05) is 30.3 Å². The van der Waals surface area contributed by atoms with Crippen LogP contribution in [0.25, 0.3) is 0 Å². The van der Waals surface area contributed by atoms with Gasteiger partial charge in [-0.3, -0.25) is 9.89 Å². The first-order valence-electron chi connectivity index (χ1n) is 6.61. The lowest BCUT2D eigenvalue weighted by molar-refractivity contribution is -0.115. The Hall–Kier alpha value is -2.23. The second-order valence-electron chi connectivity index (χ2n) is 5.05. The predicted octanol–water partition coefficient (Wildman–Crippen LogP) is 0.110. The molecule has 1 aliphatic heterocycles. The number of aromatic nitrogens is 2. The van der Waals surface area contributed by atoms with E-state index in [-0.39, 0.29) is 25.4 Å². The second-order valence-corrected chi connectivity index (χ2v) is 6.59. The van der Waals surface area contributed by atoms with Crippen molar-refractivity contribution in [1.29, 1.82) is 0 Å². The number of hydrogen-bond acceptors (Lipinski definition) is 4. The minimum absolute atomic E-state index is 0.103. The summed E-state index contributed by atoms with van der Waals surface area (Å²) in [7, 11) is -3.77. The van der Waals surface area contributed by atoms with Gasteiger partial charge in [-0.2, -0.15) is 17.8 Å². The van der Waals surface area contributed by atoms with Crippen molar-refractivity contribution in [3.63, 3.8) is 0 Å². The van der Waals surface area contributed by atoms with Gasteiger partial charge in [0.25, 0.3) is 10.2 Å². The number of fused-ring (bicyclic) bond motifs is 1. The zero-order valence-corrected chi connectivity index (χ0v) is 12.4. The molecule has 1 aromatic carbocycles. The van der Waals surface area contributed by atoms with Crippen molar-refractivity contribution in [2.24, 2.45) is 5.14 Å². The molecule has 8 nitrogen and oxygen atoms in total. The third kappa shape index (κ3) is 3.01. The van der Waals surface area contributed by atoms with Crippen LogP contribution in [0.4, 0.5) is 5.82 Å². The van der Waals surface area contributed by atoms with Crippen LogP contribution in [0.2, 0.25) is 0 Å². The number of H-pyrrole nitrogens is 1. The fourth-order valence-electron chi connectivity index (χ4n) is 2.35. The molecule has 0 unspecified atom stereocenters. The van der Waals surface area contributed by atoms with Crippen LogP contribution in [0.1, 0.15) is 16.8 Å². The molecule has 0 spiro atoms. The van der Waals surface area contributed by atoms with Crippen LogP contribution in [-0.4, -0.2) is 28.8 Å². The summed E-state index contributed by atoms with van der Waals surface area (Å²) in [5, 5.41) is 14.6. The number of benzene rings is 1. The maximum Gasteiger partial charge on any atom is 0.277 e. The number of rotatable bonds is 4. The SMILES string of the molecule is NS(=O)(=O)N1Cc2n[nH]c(NC(=O)Cc3ccccc3)c2C1. The van der Waals surface area contributed by atoms with E-state index in [1.54, 1.807) is 0 Å². The highest BCUT2D eigenvalue weighted by molar-refractivity contribution is 7.86. The number of nitrogens with two attached hydrogens (primary N) is 1. The van der Waals surface area contributed by atoms with E-state index in [1.165, 1.54) is 0 Å². The van der Waals surface area contributed by atoms with Crippen molar-refractivity contribution < 1.29 is 13.2 Å². The standard InChI is InChI=1S/C13H15N5O3S/c14-22(20,21)18-7-10-11(8-18)16-17-13(10)15-12(19)6-9-4-2-1-3-5-9/h1-5H,6-8H2,(H2,14,20,21)(H2,15,16,17,19). The summed E-state index contributed by atoms with van der Waals surface area (Å²) in [4.78, 5) is 12.0. The van der Waals surface area contributed by atoms with Crippen LogP contribution in [0.5, 0.6) is 0 Å². The summed E-state index contributed by atoms with van der Waals surface area (Å²) < 4.78 is 23.8. The monoisotopic (exact) mass is 321 g/mol. The van der Waals surface area contributed by atoms with Gasteiger partial charge in [0.15, 0.2) is 0 Å². The second kappa shape index (κ2) is 5.52. The molecule has 1 amide bonds. The maximum atomic E-state index is 12.0. The van der Waals surface area contributed by atoms with Gasteiger partial charge in [0.05, 0.1) is 18.7 Å². The van der Waals surface area contributed by atoms with Crippen molar-refractivity contribution >= 4 is 21.9 Å². The fraction of sp³-hybridized carbons (Fsp3) is 0.231. The Morgan fingerprint density at radius 2 is 2.05 bits per heavy atom. The molecule has 0 radical (unpaired) electrons. The van der Waals surface area contributed by atoms with Gasteiger partial charge in [0.2, 0.25) is 5.91 Å².